The molecule has 2 nitrogen and oxygen atoms in total. The van der Waals surface area contributed by atoms with Crippen LogP contribution in [-0.2, 0) is 6.42 Å². The second kappa shape index (κ2) is 4.07. The van der Waals surface area contributed by atoms with Crippen molar-refractivity contribution in [2.45, 2.75) is 6.42 Å². The van der Waals surface area contributed by atoms with E-state index in [9.17, 15) is 4.39 Å². The summed E-state index contributed by atoms with van der Waals surface area (Å²) in [4.78, 5) is 0. The van der Waals surface area contributed by atoms with Crippen molar-refractivity contribution >= 4 is 0 Å². The van der Waals surface area contributed by atoms with Crippen LogP contribution in [0.2, 0.25) is 0 Å². The zero-order valence-corrected chi connectivity index (χ0v) is 6.88. The first kappa shape index (κ1) is 9.00. The number of rotatable bonds is 3. The fraction of sp³-hybridized carbons (Fsp3) is 0.333. The van der Waals surface area contributed by atoms with Crippen LogP contribution in [0.4, 0.5) is 4.39 Å². The highest BCUT2D eigenvalue weighted by molar-refractivity contribution is 5.30. The van der Waals surface area contributed by atoms with Crippen LogP contribution in [0.15, 0.2) is 18.2 Å². The molecule has 1 aromatic rings. The molecule has 0 aliphatic heterocycles. The van der Waals surface area contributed by atoms with Gasteiger partial charge < -0.3 is 9.84 Å². The number of methoxy groups -OCH3 is 1. The summed E-state index contributed by atoms with van der Waals surface area (Å²) in [6, 6.07) is 4.56. The van der Waals surface area contributed by atoms with Crippen molar-refractivity contribution in [3.63, 3.8) is 0 Å². The van der Waals surface area contributed by atoms with E-state index in [1.54, 1.807) is 12.1 Å². The summed E-state index contributed by atoms with van der Waals surface area (Å²) in [6.07, 6.45) is 0.524. The Labute approximate surface area is 70.6 Å². The fourth-order valence-electron chi connectivity index (χ4n) is 0.989. The van der Waals surface area contributed by atoms with Gasteiger partial charge in [-0.15, -0.1) is 0 Å². The minimum atomic E-state index is -0.376. The quantitative estimate of drug-likeness (QED) is 0.742. The van der Waals surface area contributed by atoms with Gasteiger partial charge in [0.15, 0.2) is 11.6 Å². The van der Waals surface area contributed by atoms with Gasteiger partial charge >= 0.3 is 0 Å². The normalized spacial score (nSPS) is 9.92. The Hall–Kier alpha value is -1.09. The number of aliphatic hydroxyl groups is 1. The first-order valence-corrected chi connectivity index (χ1v) is 3.71. The van der Waals surface area contributed by atoms with Gasteiger partial charge in [0, 0.05) is 6.61 Å². The van der Waals surface area contributed by atoms with Crippen LogP contribution in [0.3, 0.4) is 0 Å². The monoisotopic (exact) mass is 170 g/mol. The molecule has 0 amide bonds. The van der Waals surface area contributed by atoms with Crippen molar-refractivity contribution < 1.29 is 14.2 Å². The maximum atomic E-state index is 12.8. The van der Waals surface area contributed by atoms with E-state index >= 15 is 0 Å². The maximum absolute atomic E-state index is 12.8. The summed E-state index contributed by atoms with van der Waals surface area (Å²) in [7, 11) is 1.42. The van der Waals surface area contributed by atoms with E-state index in [2.05, 4.69) is 0 Å². The Morgan fingerprint density at radius 1 is 1.50 bits per heavy atom. The van der Waals surface area contributed by atoms with Crippen molar-refractivity contribution in [3.8, 4) is 5.75 Å². The Kier molecular flexibility index (Phi) is 3.05. The molecule has 1 N–H and O–H groups in total. The van der Waals surface area contributed by atoms with E-state index in [0.29, 0.717) is 6.42 Å². The van der Waals surface area contributed by atoms with Crippen LogP contribution in [0.5, 0.6) is 5.75 Å². The lowest BCUT2D eigenvalue weighted by molar-refractivity contribution is 0.299. The number of ether oxygens (including phenoxy) is 1. The van der Waals surface area contributed by atoms with E-state index in [1.807, 2.05) is 0 Å². The molecular weight excluding hydrogens is 159 g/mol. The van der Waals surface area contributed by atoms with Crippen LogP contribution in [0.1, 0.15) is 5.56 Å². The molecule has 1 aromatic carbocycles. The zero-order chi connectivity index (χ0) is 8.97. The van der Waals surface area contributed by atoms with E-state index < -0.39 is 0 Å². The van der Waals surface area contributed by atoms with Crippen LogP contribution in [0, 0.1) is 5.82 Å². The fourth-order valence-corrected chi connectivity index (χ4v) is 0.989. The first-order valence-electron chi connectivity index (χ1n) is 3.71. The van der Waals surface area contributed by atoms with Gasteiger partial charge in [-0.05, 0) is 24.1 Å². The number of aliphatic hydroxyl groups excluding tert-OH is 1. The van der Waals surface area contributed by atoms with Gasteiger partial charge in [0.2, 0.25) is 0 Å². The summed E-state index contributed by atoms with van der Waals surface area (Å²) in [5, 5.41) is 8.62. The lowest BCUT2D eigenvalue weighted by Gasteiger charge is -2.03. The summed E-state index contributed by atoms with van der Waals surface area (Å²) < 4.78 is 17.6. The number of halogens is 1. The number of benzene rings is 1. The highest BCUT2D eigenvalue weighted by Gasteiger charge is 2.02. The van der Waals surface area contributed by atoms with E-state index in [0.717, 1.165) is 5.56 Å². The smallest absolute Gasteiger partial charge is 0.165 e. The van der Waals surface area contributed by atoms with Gasteiger partial charge in [-0.2, -0.15) is 0 Å². The van der Waals surface area contributed by atoms with Gasteiger partial charge in [-0.1, -0.05) is 6.07 Å². The van der Waals surface area contributed by atoms with Crippen LogP contribution in [-0.4, -0.2) is 18.8 Å². The Balaban J connectivity index is 2.89. The molecule has 0 fully saturated rings. The molecule has 0 heterocycles. The molecule has 3 heteroatoms. The predicted octanol–water partition coefficient (Wildman–Crippen LogP) is 1.37. The summed E-state index contributed by atoms with van der Waals surface area (Å²) >= 11 is 0. The van der Waals surface area contributed by atoms with Crippen molar-refractivity contribution in [1.29, 1.82) is 0 Å². The molecule has 0 spiro atoms. The molecule has 0 atom stereocenters. The van der Waals surface area contributed by atoms with Gasteiger partial charge in [0.05, 0.1) is 7.11 Å². The molecule has 1 rings (SSSR count). The van der Waals surface area contributed by atoms with Crippen LogP contribution >= 0.6 is 0 Å². The Morgan fingerprint density at radius 3 is 2.83 bits per heavy atom. The first-order chi connectivity index (χ1) is 5.77. The lowest BCUT2D eigenvalue weighted by atomic mass is 10.1. The molecule has 0 aliphatic carbocycles. The second-order valence-electron chi connectivity index (χ2n) is 2.44. The third-order valence-electron chi connectivity index (χ3n) is 1.62. The standard InChI is InChI=1S/C9H11FO2/c1-12-9-6-7(4-5-11)2-3-8(9)10/h2-3,6,11H,4-5H2,1H3. The average molecular weight is 170 g/mol. The van der Waals surface area contributed by atoms with Crippen molar-refractivity contribution in [3.05, 3.63) is 29.6 Å². The maximum Gasteiger partial charge on any atom is 0.165 e. The minimum absolute atomic E-state index is 0.0643. The second-order valence-corrected chi connectivity index (χ2v) is 2.44. The van der Waals surface area contributed by atoms with Crippen LogP contribution < -0.4 is 4.74 Å². The number of hydrogen-bond donors (Lipinski definition) is 1. The molecular formula is C9H11FO2. The molecule has 0 saturated carbocycles. The minimum Gasteiger partial charge on any atom is -0.494 e. The third kappa shape index (κ3) is 1.95. The predicted molar refractivity (Wildman–Crippen MR) is 43.7 cm³/mol. The summed E-state index contributed by atoms with van der Waals surface area (Å²) in [6.45, 7) is 0.0643. The Bertz CT molecular complexity index is 261. The highest BCUT2D eigenvalue weighted by atomic mass is 19.1. The van der Waals surface area contributed by atoms with Gasteiger partial charge in [0.25, 0.3) is 0 Å². The average Bonchev–Trinajstić information content (AvgIpc) is 2.09. The molecule has 0 saturated heterocycles. The zero-order valence-electron chi connectivity index (χ0n) is 6.88. The van der Waals surface area contributed by atoms with Crippen LogP contribution in [0.25, 0.3) is 0 Å². The van der Waals surface area contributed by atoms with E-state index in [1.165, 1.54) is 13.2 Å². The molecule has 12 heavy (non-hydrogen) atoms. The van der Waals surface area contributed by atoms with Gasteiger partial charge in [-0.3, -0.25) is 0 Å². The summed E-state index contributed by atoms with van der Waals surface area (Å²) in [5.74, 6) is -0.153. The molecule has 0 aromatic heterocycles. The van der Waals surface area contributed by atoms with E-state index in [-0.39, 0.29) is 18.2 Å². The SMILES string of the molecule is COc1cc(CCO)ccc1F. The largest absolute Gasteiger partial charge is 0.494 e. The van der Waals surface area contributed by atoms with Gasteiger partial charge in [0.1, 0.15) is 0 Å². The van der Waals surface area contributed by atoms with Crippen molar-refractivity contribution in [2.24, 2.45) is 0 Å². The van der Waals surface area contributed by atoms with E-state index in [4.69, 9.17) is 9.84 Å². The topological polar surface area (TPSA) is 29.5 Å². The number of hydrogen-bond acceptors (Lipinski definition) is 2. The molecule has 0 unspecified atom stereocenters. The lowest BCUT2D eigenvalue weighted by Crippen LogP contribution is -1.93. The Morgan fingerprint density at radius 2 is 2.25 bits per heavy atom. The summed E-state index contributed by atoms with van der Waals surface area (Å²) in [5.41, 5.74) is 0.871. The highest BCUT2D eigenvalue weighted by Crippen LogP contribution is 2.18. The molecule has 0 radical (unpaired) electrons. The van der Waals surface area contributed by atoms with Crippen molar-refractivity contribution in [1.82, 2.24) is 0 Å². The molecule has 0 bridgehead atoms. The molecule has 0 aliphatic rings. The molecule has 66 valence electrons. The van der Waals surface area contributed by atoms with Gasteiger partial charge in [-0.25, -0.2) is 4.39 Å². The van der Waals surface area contributed by atoms with Crippen molar-refractivity contribution in [2.75, 3.05) is 13.7 Å². The third-order valence-corrected chi connectivity index (χ3v) is 1.62.